The zero-order valence-electron chi connectivity index (χ0n) is 17.2. The SMILES string of the molecule is c1ccc2c(c1)CCc1c-2nc2c(c1-c1ccc3c(c1)OCO3)CCc1ccccc1-2. The number of benzene rings is 3. The van der Waals surface area contributed by atoms with Crippen LogP contribution >= 0.6 is 0 Å². The molecule has 1 aliphatic heterocycles. The second-order valence-electron chi connectivity index (χ2n) is 8.52. The highest BCUT2D eigenvalue weighted by Crippen LogP contribution is 2.47. The molecule has 31 heavy (non-hydrogen) atoms. The first-order chi connectivity index (χ1) is 15.4. The van der Waals surface area contributed by atoms with E-state index in [4.69, 9.17) is 14.5 Å². The Balaban J connectivity index is 1.56. The van der Waals surface area contributed by atoms with Gasteiger partial charge in [-0.1, -0.05) is 54.6 Å². The summed E-state index contributed by atoms with van der Waals surface area (Å²) >= 11 is 0. The summed E-state index contributed by atoms with van der Waals surface area (Å²) in [7, 11) is 0. The number of hydrogen-bond donors (Lipinski definition) is 0. The minimum Gasteiger partial charge on any atom is -0.454 e. The Morgan fingerprint density at radius 3 is 1.90 bits per heavy atom. The van der Waals surface area contributed by atoms with Crippen molar-refractivity contribution >= 4 is 0 Å². The number of aromatic nitrogens is 1. The minimum absolute atomic E-state index is 0.298. The minimum atomic E-state index is 0.298. The molecule has 1 aromatic heterocycles. The van der Waals surface area contributed by atoms with Crippen LogP contribution in [0.2, 0.25) is 0 Å². The van der Waals surface area contributed by atoms with Gasteiger partial charge >= 0.3 is 0 Å². The first-order valence-electron chi connectivity index (χ1n) is 11.0. The van der Waals surface area contributed by atoms with E-state index >= 15 is 0 Å². The topological polar surface area (TPSA) is 31.4 Å². The highest BCUT2D eigenvalue weighted by Gasteiger charge is 2.29. The number of rotatable bonds is 1. The van der Waals surface area contributed by atoms with Crippen LogP contribution in [0.4, 0.5) is 0 Å². The van der Waals surface area contributed by atoms with E-state index in [-0.39, 0.29) is 0 Å². The first kappa shape index (κ1) is 17.1. The number of pyridine rings is 1. The van der Waals surface area contributed by atoms with Gasteiger partial charge < -0.3 is 9.47 Å². The third kappa shape index (κ3) is 2.50. The largest absolute Gasteiger partial charge is 0.454 e. The van der Waals surface area contributed by atoms with Gasteiger partial charge in [0.2, 0.25) is 6.79 Å². The zero-order chi connectivity index (χ0) is 20.4. The van der Waals surface area contributed by atoms with Gasteiger partial charge in [-0.05, 0) is 71.2 Å². The summed E-state index contributed by atoms with van der Waals surface area (Å²) in [5.41, 5.74) is 12.9. The van der Waals surface area contributed by atoms with Crippen LogP contribution in [0, 0.1) is 0 Å². The predicted octanol–water partition coefficient (Wildman–Crippen LogP) is 6.01. The monoisotopic (exact) mass is 403 g/mol. The molecule has 0 spiro atoms. The first-order valence-corrected chi connectivity index (χ1v) is 11.0. The van der Waals surface area contributed by atoms with Gasteiger partial charge in [0.05, 0.1) is 11.4 Å². The van der Waals surface area contributed by atoms with E-state index in [2.05, 4.69) is 60.7 Å². The molecule has 0 N–H and O–H groups in total. The van der Waals surface area contributed by atoms with E-state index in [1.165, 1.54) is 44.5 Å². The third-order valence-electron chi connectivity index (χ3n) is 6.89. The molecular weight excluding hydrogens is 382 g/mol. The van der Waals surface area contributed by atoms with Crippen molar-refractivity contribution in [2.75, 3.05) is 6.79 Å². The van der Waals surface area contributed by atoms with Gasteiger partial charge in [0.1, 0.15) is 0 Å². The lowest BCUT2D eigenvalue weighted by molar-refractivity contribution is 0.174. The molecule has 0 atom stereocenters. The average molecular weight is 403 g/mol. The number of nitrogens with zero attached hydrogens (tertiary/aromatic N) is 1. The van der Waals surface area contributed by atoms with Crippen molar-refractivity contribution in [3.8, 4) is 45.1 Å². The highest BCUT2D eigenvalue weighted by molar-refractivity contribution is 5.88. The second-order valence-corrected chi connectivity index (χ2v) is 8.52. The molecular formula is C28H21NO2. The Morgan fingerprint density at radius 1 is 0.613 bits per heavy atom. The molecule has 3 aliphatic rings. The van der Waals surface area contributed by atoms with Crippen LogP contribution in [-0.4, -0.2) is 11.8 Å². The maximum absolute atomic E-state index is 5.72. The lowest BCUT2D eigenvalue weighted by atomic mass is 9.78. The summed E-state index contributed by atoms with van der Waals surface area (Å²) in [6.45, 7) is 0.298. The molecule has 0 radical (unpaired) electrons. The molecule has 3 heteroatoms. The fourth-order valence-corrected chi connectivity index (χ4v) is 5.46. The van der Waals surface area contributed by atoms with E-state index in [0.29, 0.717) is 6.79 Å². The van der Waals surface area contributed by atoms with Gasteiger partial charge in [0, 0.05) is 11.1 Å². The normalized spacial score (nSPS) is 15.0. The molecule has 0 saturated carbocycles. The maximum Gasteiger partial charge on any atom is 0.231 e. The molecule has 2 heterocycles. The molecule has 3 aromatic carbocycles. The Labute approximate surface area is 181 Å². The Kier molecular flexibility index (Phi) is 3.56. The lowest BCUT2D eigenvalue weighted by Crippen LogP contribution is -2.14. The quantitative estimate of drug-likeness (QED) is 0.390. The van der Waals surface area contributed by atoms with Crippen molar-refractivity contribution in [2.45, 2.75) is 25.7 Å². The van der Waals surface area contributed by atoms with Crippen LogP contribution in [0.3, 0.4) is 0 Å². The standard InChI is InChI=1S/C28H21NO2/c1-3-7-20-17(5-1)9-12-22-26(19-11-14-24-25(15-19)31-16-30-24)23-13-10-18-6-2-4-8-21(18)28(23)29-27(20)22/h1-8,11,14-15H,9-10,12-13,16H2. The number of fused-ring (bicyclic) bond motifs is 7. The molecule has 0 saturated heterocycles. The molecule has 0 amide bonds. The van der Waals surface area contributed by atoms with Crippen LogP contribution in [0.25, 0.3) is 33.6 Å². The van der Waals surface area contributed by atoms with Gasteiger partial charge in [-0.25, -0.2) is 4.98 Å². The Morgan fingerprint density at radius 2 is 1.23 bits per heavy atom. The van der Waals surface area contributed by atoms with Crippen LogP contribution < -0.4 is 9.47 Å². The van der Waals surface area contributed by atoms with Crippen LogP contribution in [0.1, 0.15) is 22.3 Å². The lowest BCUT2D eigenvalue weighted by Gasteiger charge is -2.29. The number of ether oxygens (including phenoxy) is 2. The van der Waals surface area contributed by atoms with Crippen LogP contribution in [0.5, 0.6) is 11.5 Å². The fourth-order valence-electron chi connectivity index (χ4n) is 5.46. The summed E-state index contributed by atoms with van der Waals surface area (Å²) in [6, 6.07) is 23.9. The van der Waals surface area contributed by atoms with Gasteiger partial charge in [0.25, 0.3) is 0 Å². The van der Waals surface area contributed by atoms with Gasteiger partial charge in [-0.3, -0.25) is 0 Å². The van der Waals surface area contributed by atoms with E-state index in [9.17, 15) is 0 Å². The highest BCUT2D eigenvalue weighted by atomic mass is 16.7. The molecule has 2 aliphatic carbocycles. The van der Waals surface area contributed by atoms with Crippen LogP contribution in [0.15, 0.2) is 66.7 Å². The summed E-state index contributed by atoms with van der Waals surface area (Å²) in [5, 5.41) is 0. The van der Waals surface area contributed by atoms with Gasteiger partial charge in [0.15, 0.2) is 11.5 Å². The van der Waals surface area contributed by atoms with E-state index in [1.54, 1.807) is 0 Å². The number of aryl methyl sites for hydroxylation is 2. The van der Waals surface area contributed by atoms with Crippen molar-refractivity contribution in [1.82, 2.24) is 4.98 Å². The zero-order valence-corrected chi connectivity index (χ0v) is 17.2. The van der Waals surface area contributed by atoms with Crippen LogP contribution in [-0.2, 0) is 25.7 Å². The van der Waals surface area contributed by atoms with Crippen molar-refractivity contribution in [1.29, 1.82) is 0 Å². The number of hydrogen-bond acceptors (Lipinski definition) is 3. The molecule has 0 unspecified atom stereocenters. The van der Waals surface area contributed by atoms with Crippen molar-refractivity contribution in [2.24, 2.45) is 0 Å². The molecule has 3 nitrogen and oxygen atoms in total. The third-order valence-corrected chi connectivity index (χ3v) is 6.89. The molecule has 0 fully saturated rings. The molecule has 4 aromatic rings. The molecule has 0 bridgehead atoms. The molecule has 7 rings (SSSR count). The summed E-state index contributed by atoms with van der Waals surface area (Å²) in [6.07, 6.45) is 4.13. The summed E-state index contributed by atoms with van der Waals surface area (Å²) in [4.78, 5) is 5.34. The average Bonchev–Trinajstić information content (AvgIpc) is 3.30. The van der Waals surface area contributed by atoms with E-state index < -0.39 is 0 Å². The maximum atomic E-state index is 5.72. The van der Waals surface area contributed by atoms with Crippen molar-refractivity contribution in [3.05, 3.63) is 89.0 Å². The van der Waals surface area contributed by atoms with E-state index in [1.807, 2.05) is 6.07 Å². The summed E-state index contributed by atoms with van der Waals surface area (Å²) in [5.74, 6) is 1.67. The Hall–Kier alpha value is -3.59. The second kappa shape index (κ2) is 6.45. The fraction of sp³-hybridized carbons (Fsp3) is 0.179. The van der Waals surface area contributed by atoms with Gasteiger partial charge in [-0.2, -0.15) is 0 Å². The predicted molar refractivity (Wildman–Crippen MR) is 121 cm³/mol. The van der Waals surface area contributed by atoms with Gasteiger partial charge in [-0.15, -0.1) is 0 Å². The molecule has 150 valence electrons. The Bertz CT molecular complexity index is 1300. The summed E-state index contributed by atoms with van der Waals surface area (Å²) < 4.78 is 11.3. The van der Waals surface area contributed by atoms with E-state index in [0.717, 1.165) is 48.6 Å². The van der Waals surface area contributed by atoms with Crippen molar-refractivity contribution < 1.29 is 9.47 Å². The van der Waals surface area contributed by atoms with Crippen molar-refractivity contribution in [3.63, 3.8) is 0 Å². The smallest absolute Gasteiger partial charge is 0.231 e.